The van der Waals surface area contributed by atoms with Crippen molar-refractivity contribution in [1.82, 2.24) is 4.90 Å². The zero-order chi connectivity index (χ0) is 23.2. The van der Waals surface area contributed by atoms with Crippen molar-refractivity contribution in [3.8, 4) is 5.75 Å². The Labute approximate surface area is 195 Å². The molecule has 1 fully saturated rings. The molecule has 0 bridgehead atoms. The van der Waals surface area contributed by atoms with Crippen LogP contribution < -0.4 is 4.74 Å². The summed E-state index contributed by atoms with van der Waals surface area (Å²) in [5.41, 5.74) is 3.03. The standard InChI is InChI=1S/C26H21NO5S/c1-31-25(29)21-11-7-19(8-12-21)16-27-24(28)23(33-26(27)30)15-18-9-13-22(14-10-18)32-17-20-5-3-2-4-6-20/h2-15H,16-17H2,1H3/b23-15-. The van der Waals surface area contributed by atoms with Gasteiger partial charge in [-0.1, -0.05) is 54.6 Å². The molecule has 0 aromatic heterocycles. The first-order chi connectivity index (χ1) is 16.0. The van der Waals surface area contributed by atoms with Gasteiger partial charge in [-0.3, -0.25) is 14.5 Å². The minimum Gasteiger partial charge on any atom is -0.489 e. The molecule has 166 valence electrons. The first kappa shape index (κ1) is 22.4. The molecule has 7 heteroatoms. The number of imide groups is 1. The molecule has 2 amide bonds. The number of carbonyl (C=O) groups is 3. The van der Waals surface area contributed by atoms with Gasteiger partial charge in [-0.25, -0.2) is 4.79 Å². The summed E-state index contributed by atoms with van der Waals surface area (Å²) >= 11 is 0.912. The summed E-state index contributed by atoms with van der Waals surface area (Å²) in [7, 11) is 1.31. The second-order valence-corrected chi connectivity index (χ2v) is 8.29. The van der Waals surface area contributed by atoms with E-state index in [4.69, 9.17) is 4.74 Å². The minimum atomic E-state index is -0.438. The summed E-state index contributed by atoms with van der Waals surface area (Å²) in [6.07, 6.45) is 1.70. The van der Waals surface area contributed by atoms with E-state index < -0.39 is 5.97 Å². The number of nitrogens with zero attached hydrogens (tertiary/aromatic N) is 1. The molecule has 0 saturated carbocycles. The zero-order valence-corrected chi connectivity index (χ0v) is 18.7. The van der Waals surface area contributed by atoms with Gasteiger partial charge in [0.1, 0.15) is 12.4 Å². The predicted molar refractivity (Wildman–Crippen MR) is 127 cm³/mol. The zero-order valence-electron chi connectivity index (χ0n) is 17.9. The number of methoxy groups -OCH3 is 1. The van der Waals surface area contributed by atoms with Crippen LogP contribution in [-0.2, 0) is 22.7 Å². The fourth-order valence-electron chi connectivity index (χ4n) is 3.24. The second kappa shape index (κ2) is 10.2. The maximum Gasteiger partial charge on any atom is 0.337 e. The van der Waals surface area contributed by atoms with E-state index in [-0.39, 0.29) is 17.7 Å². The highest BCUT2D eigenvalue weighted by molar-refractivity contribution is 8.18. The van der Waals surface area contributed by atoms with Gasteiger partial charge in [0, 0.05) is 0 Å². The smallest absolute Gasteiger partial charge is 0.337 e. The normalized spacial score (nSPS) is 14.6. The number of amides is 2. The van der Waals surface area contributed by atoms with Crippen molar-refractivity contribution in [2.24, 2.45) is 0 Å². The lowest BCUT2D eigenvalue weighted by molar-refractivity contribution is -0.123. The molecule has 6 nitrogen and oxygen atoms in total. The first-order valence-corrected chi connectivity index (χ1v) is 11.0. The van der Waals surface area contributed by atoms with Crippen LogP contribution in [0.25, 0.3) is 6.08 Å². The van der Waals surface area contributed by atoms with E-state index in [1.54, 1.807) is 30.3 Å². The molecule has 1 aliphatic rings. The number of benzene rings is 3. The van der Waals surface area contributed by atoms with Gasteiger partial charge in [0.15, 0.2) is 0 Å². The van der Waals surface area contributed by atoms with E-state index in [1.807, 2.05) is 54.6 Å². The maximum atomic E-state index is 12.8. The summed E-state index contributed by atoms with van der Waals surface area (Å²) < 4.78 is 10.5. The number of ether oxygens (including phenoxy) is 2. The molecule has 0 N–H and O–H groups in total. The van der Waals surface area contributed by atoms with Crippen molar-refractivity contribution in [2.45, 2.75) is 13.2 Å². The van der Waals surface area contributed by atoms with Gasteiger partial charge >= 0.3 is 5.97 Å². The van der Waals surface area contributed by atoms with Gasteiger partial charge in [0.2, 0.25) is 0 Å². The maximum absolute atomic E-state index is 12.8. The Morgan fingerprint density at radius 3 is 2.27 bits per heavy atom. The number of esters is 1. The average Bonchev–Trinajstić information content (AvgIpc) is 3.11. The van der Waals surface area contributed by atoms with Crippen LogP contribution in [-0.4, -0.2) is 29.1 Å². The second-order valence-electron chi connectivity index (χ2n) is 7.30. The summed E-state index contributed by atoms with van der Waals surface area (Å²) in [6.45, 7) is 0.607. The summed E-state index contributed by atoms with van der Waals surface area (Å²) in [4.78, 5) is 38.3. The topological polar surface area (TPSA) is 72.9 Å². The number of thioether (sulfide) groups is 1. The van der Waals surface area contributed by atoms with E-state index in [1.165, 1.54) is 12.0 Å². The average molecular weight is 460 g/mol. The van der Waals surface area contributed by atoms with Crippen molar-refractivity contribution in [3.63, 3.8) is 0 Å². The summed E-state index contributed by atoms with van der Waals surface area (Å²) in [6, 6.07) is 23.9. The molecule has 3 aromatic carbocycles. The number of hydrogen-bond acceptors (Lipinski definition) is 6. The van der Waals surface area contributed by atoms with E-state index >= 15 is 0 Å². The van der Waals surface area contributed by atoms with Crippen molar-refractivity contribution in [3.05, 3.63) is 106 Å². The molecule has 3 aromatic rings. The molecular formula is C26H21NO5S. The van der Waals surface area contributed by atoms with Gasteiger partial charge in [-0.15, -0.1) is 0 Å². The van der Waals surface area contributed by atoms with Crippen LogP contribution >= 0.6 is 11.8 Å². The Hall–Kier alpha value is -3.84. The molecule has 1 saturated heterocycles. The first-order valence-electron chi connectivity index (χ1n) is 10.2. The largest absolute Gasteiger partial charge is 0.489 e. The molecule has 1 aliphatic heterocycles. The monoisotopic (exact) mass is 459 g/mol. The van der Waals surface area contributed by atoms with Gasteiger partial charge in [-0.2, -0.15) is 0 Å². The minimum absolute atomic E-state index is 0.135. The Bertz CT molecular complexity index is 1190. The molecule has 0 spiro atoms. The lowest BCUT2D eigenvalue weighted by Gasteiger charge is -2.12. The van der Waals surface area contributed by atoms with Crippen LogP contribution in [0.2, 0.25) is 0 Å². The van der Waals surface area contributed by atoms with Crippen LogP contribution in [0.4, 0.5) is 4.79 Å². The molecule has 0 unspecified atom stereocenters. The van der Waals surface area contributed by atoms with E-state index in [0.717, 1.165) is 34.2 Å². The highest BCUT2D eigenvalue weighted by atomic mass is 32.2. The quantitative estimate of drug-likeness (QED) is 0.353. The Balaban J connectivity index is 1.39. The van der Waals surface area contributed by atoms with E-state index in [9.17, 15) is 14.4 Å². The van der Waals surface area contributed by atoms with Crippen molar-refractivity contribution in [2.75, 3.05) is 7.11 Å². The molecule has 1 heterocycles. The highest BCUT2D eigenvalue weighted by Crippen LogP contribution is 2.33. The van der Waals surface area contributed by atoms with Crippen molar-refractivity contribution < 1.29 is 23.9 Å². The van der Waals surface area contributed by atoms with Crippen LogP contribution in [0.5, 0.6) is 5.75 Å². The van der Waals surface area contributed by atoms with E-state index in [2.05, 4.69) is 4.74 Å². The third kappa shape index (κ3) is 5.51. The Morgan fingerprint density at radius 1 is 0.909 bits per heavy atom. The molecule has 0 atom stereocenters. The van der Waals surface area contributed by atoms with Gasteiger partial charge in [0.25, 0.3) is 11.1 Å². The SMILES string of the molecule is COC(=O)c1ccc(CN2C(=O)S/C(=C\c3ccc(OCc4ccccc4)cc3)C2=O)cc1. The molecule has 0 radical (unpaired) electrons. The number of rotatable bonds is 7. The van der Waals surface area contributed by atoms with Crippen LogP contribution in [0.1, 0.15) is 27.0 Å². The van der Waals surface area contributed by atoms with Crippen molar-refractivity contribution in [1.29, 1.82) is 0 Å². The van der Waals surface area contributed by atoms with Gasteiger partial charge in [0.05, 0.1) is 24.1 Å². The van der Waals surface area contributed by atoms with Gasteiger partial charge < -0.3 is 9.47 Å². The van der Waals surface area contributed by atoms with E-state index in [0.29, 0.717) is 17.1 Å². The summed E-state index contributed by atoms with van der Waals surface area (Å²) in [5, 5.41) is -0.328. The Morgan fingerprint density at radius 2 is 1.61 bits per heavy atom. The fourth-order valence-corrected chi connectivity index (χ4v) is 4.07. The van der Waals surface area contributed by atoms with Crippen molar-refractivity contribution >= 4 is 35.0 Å². The lowest BCUT2D eigenvalue weighted by Crippen LogP contribution is -2.27. The Kier molecular flexibility index (Phi) is 6.90. The molecule has 4 rings (SSSR count). The third-order valence-electron chi connectivity index (χ3n) is 5.02. The van der Waals surface area contributed by atoms with Gasteiger partial charge in [-0.05, 0) is 58.8 Å². The van der Waals surface area contributed by atoms with Crippen LogP contribution in [0.3, 0.4) is 0 Å². The molecular weight excluding hydrogens is 438 g/mol. The van der Waals surface area contributed by atoms with Crippen LogP contribution in [0.15, 0.2) is 83.8 Å². The third-order valence-corrected chi connectivity index (χ3v) is 5.92. The number of carbonyl (C=O) groups excluding carboxylic acids is 3. The highest BCUT2D eigenvalue weighted by Gasteiger charge is 2.35. The number of hydrogen-bond donors (Lipinski definition) is 0. The van der Waals surface area contributed by atoms with Crippen LogP contribution in [0, 0.1) is 0 Å². The molecule has 33 heavy (non-hydrogen) atoms. The fraction of sp³-hybridized carbons (Fsp3) is 0.115. The lowest BCUT2D eigenvalue weighted by atomic mass is 10.1. The predicted octanol–water partition coefficient (Wildman–Crippen LogP) is 5.29. The molecule has 0 aliphatic carbocycles. The summed E-state index contributed by atoms with van der Waals surface area (Å²) in [5.74, 6) is -0.0573.